The number of hydrogen-bond donors (Lipinski definition) is 0. The SMILES string of the molecule is [2H]c1nc(C([2H])([2H])[2H])c([2H])n1-c1ncccc1Br. The molecule has 2 rings (SSSR count). The number of imidazole rings is 1. The number of aryl methyl sites for hydroxylation is 1. The van der Waals surface area contributed by atoms with Crippen LogP contribution in [0.4, 0.5) is 0 Å². The molecule has 0 bridgehead atoms. The van der Waals surface area contributed by atoms with Crippen LogP contribution < -0.4 is 0 Å². The maximum Gasteiger partial charge on any atom is 0.152 e. The minimum Gasteiger partial charge on any atom is -0.289 e. The van der Waals surface area contributed by atoms with E-state index < -0.39 is 12.5 Å². The fraction of sp³-hybridized carbons (Fsp3) is 0.111. The van der Waals surface area contributed by atoms with Crippen LogP contribution in [0.2, 0.25) is 0 Å². The first-order valence-electron chi connectivity index (χ1n) is 5.99. The molecule has 0 fully saturated rings. The van der Waals surface area contributed by atoms with E-state index in [1.807, 2.05) is 0 Å². The fourth-order valence-electron chi connectivity index (χ4n) is 0.898. The summed E-state index contributed by atoms with van der Waals surface area (Å²) in [4.78, 5) is 7.64. The standard InChI is InChI=1S/C9H8BrN3/c1-7-5-13(6-12-7)9-8(10)3-2-4-11-9/h2-6H,1H3/i1D3,5D,6D. The molecule has 4 heteroatoms. The van der Waals surface area contributed by atoms with Crippen LogP contribution in [0.25, 0.3) is 5.82 Å². The lowest BCUT2D eigenvalue weighted by Crippen LogP contribution is -1.94. The predicted molar refractivity (Wildman–Crippen MR) is 53.8 cm³/mol. The lowest BCUT2D eigenvalue weighted by atomic mass is 10.4. The predicted octanol–water partition coefficient (Wildman–Crippen LogP) is 2.34. The van der Waals surface area contributed by atoms with E-state index in [1.54, 1.807) is 12.1 Å². The fourth-order valence-corrected chi connectivity index (χ4v) is 1.33. The summed E-state index contributed by atoms with van der Waals surface area (Å²) in [6, 6.07) is 3.37. The van der Waals surface area contributed by atoms with Crippen molar-refractivity contribution in [2.45, 2.75) is 6.85 Å². The van der Waals surface area contributed by atoms with Crippen molar-refractivity contribution in [1.82, 2.24) is 14.5 Å². The van der Waals surface area contributed by atoms with E-state index in [0.29, 0.717) is 4.47 Å². The summed E-state index contributed by atoms with van der Waals surface area (Å²) in [5.41, 5.74) is -0.398. The zero-order chi connectivity index (χ0) is 13.5. The summed E-state index contributed by atoms with van der Waals surface area (Å²) >= 11 is 3.24. The third-order valence-corrected chi connectivity index (χ3v) is 2.05. The van der Waals surface area contributed by atoms with Gasteiger partial charge in [-0.25, -0.2) is 9.97 Å². The number of hydrogen-bond acceptors (Lipinski definition) is 2. The van der Waals surface area contributed by atoms with Gasteiger partial charge in [-0.1, -0.05) is 0 Å². The van der Waals surface area contributed by atoms with Crippen LogP contribution in [0.15, 0.2) is 35.3 Å². The highest BCUT2D eigenvalue weighted by Crippen LogP contribution is 2.17. The third-order valence-electron chi connectivity index (χ3n) is 1.43. The van der Waals surface area contributed by atoms with Crippen molar-refractivity contribution in [2.75, 3.05) is 0 Å². The van der Waals surface area contributed by atoms with Gasteiger partial charge in [-0.15, -0.1) is 0 Å². The molecule has 0 aromatic carbocycles. The minimum atomic E-state index is -2.51. The van der Waals surface area contributed by atoms with Gasteiger partial charge < -0.3 is 0 Å². The summed E-state index contributed by atoms with van der Waals surface area (Å²) in [5.74, 6) is 0.274. The van der Waals surface area contributed by atoms with Crippen molar-refractivity contribution < 1.29 is 6.85 Å². The number of pyridine rings is 1. The monoisotopic (exact) mass is 242 g/mol. The van der Waals surface area contributed by atoms with Gasteiger partial charge in [0.2, 0.25) is 0 Å². The van der Waals surface area contributed by atoms with E-state index in [2.05, 4.69) is 25.9 Å². The molecular weight excluding hydrogens is 230 g/mol. The highest BCUT2D eigenvalue weighted by Gasteiger charge is 2.02. The van der Waals surface area contributed by atoms with Gasteiger partial charge >= 0.3 is 0 Å². The molecule has 0 aliphatic carbocycles. The average molecular weight is 243 g/mol. The Labute approximate surface area is 91.6 Å². The second-order valence-electron chi connectivity index (χ2n) is 2.32. The van der Waals surface area contributed by atoms with E-state index in [-0.39, 0.29) is 18.3 Å². The Balaban J connectivity index is 2.67. The molecule has 0 aliphatic rings. The van der Waals surface area contributed by atoms with E-state index in [4.69, 9.17) is 6.85 Å². The lowest BCUT2D eigenvalue weighted by molar-refractivity contribution is 0.984. The van der Waals surface area contributed by atoms with Crippen molar-refractivity contribution in [3.8, 4) is 5.82 Å². The van der Waals surface area contributed by atoms with Gasteiger partial charge in [0.05, 0.1) is 11.5 Å². The van der Waals surface area contributed by atoms with E-state index in [0.717, 1.165) is 4.57 Å². The van der Waals surface area contributed by atoms with Gasteiger partial charge in [0, 0.05) is 16.5 Å². The second kappa shape index (κ2) is 3.30. The zero-order valence-corrected chi connectivity index (χ0v) is 8.04. The molecule has 66 valence electrons. The number of aromatic nitrogens is 3. The molecule has 2 aromatic rings. The zero-order valence-electron chi connectivity index (χ0n) is 11.5. The van der Waals surface area contributed by atoms with Gasteiger partial charge in [-0.3, -0.25) is 4.57 Å². The number of rotatable bonds is 1. The largest absolute Gasteiger partial charge is 0.289 e. The Hall–Kier alpha value is -1.16. The van der Waals surface area contributed by atoms with Crippen LogP contribution in [0, 0.1) is 6.85 Å². The van der Waals surface area contributed by atoms with Gasteiger partial charge in [0.25, 0.3) is 0 Å². The maximum absolute atomic E-state index is 7.82. The molecule has 0 spiro atoms. The van der Waals surface area contributed by atoms with Gasteiger partial charge in [0.1, 0.15) is 7.67 Å². The average Bonchev–Trinajstić information content (AvgIpc) is 2.55. The topological polar surface area (TPSA) is 30.7 Å². The number of halogens is 1. The van der Waals surface area contributed by atoms with Crippen LogP contribution >= 0.6 is 15.9 Å². The van der Waals surface area contributed by atoms with Gasteiger partial charge in [0.15, 0.2) is 5.82 Å². The molecule has 0 amide bonds. The molecule has 2 heterocycles. The van der Waals surface area contributed by atoms with Crippen molar-refractivity contribution in [3.05, 3.63) is 41.0 Å². The Bertz CT molecular complexity index is 592. The Morgan fingerprint density at radius 3 is 3.23 bits per heavy atom. The molecule has 0 saturated heterocycles. The van der Waals surface area contributed by atoms with E-state index in [9.17, 15) is 0 Å². The first kappa shape index (κ1) is 4.37. The van der Waals surface area contributed by atoms with E-state index >= 15 is 0 Å². The summed E-state index contributed by atoms with van der Waals surface area (Å²) in [7, 11) is 0. The smallest absolute Gasteiger partial charge is 0.152 e. The van der Waals surface area contributed by atoms with E-state index in [1.165, 1.54) is 6.20 Å². The Morgan fingerprint density at radius 1 is 1.62 bits per heavy atom. The first-order valence-corrected chi connectivity index (χ1v) is 4.29. The molecule has 0 N–H and O–H groups in total. The quantitative estimate of drug-likeness (QED) is 0.769. The Kier molecular flexibility index (Phi) is 1.11. The van der Waals surface area contributed by atoms with Crippen molar-refractivity contribution in [3.63, 3.8) is 0 Å². The van der Waals surface area contributed by atoms with Crippen LogP contribution in [0.1, 0.15) is 12.5 Å². The molecular formula is C9H8BrN3. The Morgan fingerprint density at radius 2 is 2.54 bits per heavy atom. The summed E-state index contributed by atoms with van der Waals surface area (Å²) in [6.07, 6.45) is 0.818. The molecule has 0 unspecified atom stereocenters. The molecule has 0 atom stereocenters. The normalized spacial score (nSPS) is 16.8. The molecule has 3 nitrogen and oxygen atoms in total. The molecule has 13 heavy (non-hydrogen) atoms. The first-order chi connectivity index (χ1) is 8.32. The molecule has 2 aromatic heterocycles. The van der Waals surface area contributed by atoms with Crippen LogP contribution in [-0.4, -0.2) is 14.5 Å². The number of nitrogens with zero attached hydrogens (tertiary/aromatic N) is 3. The van der Waals surface area contributed by atoms with Crippen LogP contribution in [0.3, 0.4) is 0 Å². The second-order valence-corrected chi connectivity index (χ2v) is 3.17. The highest BCUT2D eigenvalue weighted by atomic mass is 79.9. The van der Waals surface area contributed by atoms with Crippen LogP contribution in [0.5, 0.6) is 0 Å². The minimum absolute atomic E-state index is 0.274. The summed E-state index contributed by atoms with van der Waals surface area (Å²) in [6.45, 7) is -2.51. The van der Waals surface area contributed by atoms with Gasteiger partial charge in [-0.2, -0.15) is 0 Å². The van der Waals surface area contributed by atoms with Gasteiger partial charge in [-0.05, 0) is 34.9 Å². The molecule has 0 radical (unpaired) electrons. The summed E-state index contributed by atoms with van der Waals surface area (Å²) < 4.78 is 38.9. The molecule has 0 saturated carbocycles. The third kappa shape index (κ3) is 1.62. The van der Waals surface area contributed by atoms with Crippen molar-refractivity contribution in [2.24, 2.45) is 0 Å². The highest BCUT2D eigenvalue weighted by molar-refractivity contribution is 9.10. The van der Waals surface area contributed by atoms with Crippen molar-refractivity contribution in [1.29, 1.82) is 0 Å². The molecule has 0 aliphatic heterocycles. The summed E-state index contributed by atoms with van der Waals surface area (Å²) in [5, 5.41) is 0. The lowest BCUT2D eigenvalue weighted by Gasteiger charge is -2.01. The van der Waals surface area contributed by atoms with Crippen molar-refractivity contribution >= 4 is 15.9 Å². The maximum atomic E-state index is 7.82. The van der Waals surface area contributed by atoms with Crippen LogP contribution in [-0.2, 0) is 0 Å².